The summed E-state index contributed by atoms with van der Waals surface area (Å²) >= 11 is 0. The van der Waals surface area contributed by atoms with Crippen molar-refractivity contribution in [2.75, 3.05) is 26.7 Å². The highest BCUT2D eigenvalue weighted by Crippen LogP contribution is 2.27. The van der Waals surface area contributed by atoms with E-state index in [0.29, 0.717) is 6.54 Å². The molecule has 2 unspecified atom stereocenters. The summed E-state index contributed by atoms with van der Waals surface area (Å²) in [5, 5.41) is 0. The van der Waals surface area contributed by atoms with E-state index in [4.69, 9.17) is 10.5 Å². The predicted molar refractivity (Wildman–Crippen MR) is 88.7 cm³/mol. The number of nitrogens with zero attached hydrogens (tertiary/aromatic N) is 1. The number of nitrogens with two attached hydrogens (primary N) is 1. The maximum atomic E-state index is 5.86. The van der Waals surface area contributed by atoms with Gasteiger partial charge in [0.15, 0.2) is 0 Å². The normalized spacial score (nSPS) is 22.5. The Bertz CT molecular complexity index is 404. The number of likely N-dealkylation sites (N-methyl/N-ethyl adjacent to an activating group) is 1. The fourth-order valence-corrected chi connectivity index (χ4v) is 3.34. The van der Waals surface area contributed by atoms with Gasteiger partial charge in [0.1, 0.15) is 12.4 Å². The van der Waals surface area contributed by atoms with Crippen LogP contribution in [0, 0.1) is 5.92 Å². The van der Waals surface area contributed by atoms with Crippen LogP contribution in [0.4, 0.5) is 0 Å². The molecule has 21 heavy (non-hydrogen) atoms. The SMILES string of the molecule is CC1CCCCC1N(C)CCOc1ccc(CCN)cc1. The van der Waals surface area contributed by atoms with Gasteiger partial charge in [-0.25, -0.2) is 0 Å². The largest absolute Gasteiger partial charge is 0.492 e. The minimum Gasteiger partial charge on any atom is -0.492 e. The minimum absolute atomic E-state index is 0.699. The zero-order valence-electron chi connectivity index (χ0n) is 13.6. The number of ether oxygens (including phenoxy) is 1. The molecule has 0 amide bonds. The Balaban J connectivity index is 1.73. The van der Waals surface area contributed by atoms with E-state index in [1.54, 1.807) is 0 Å². The van der Waals surface area contributed by atoms with Crippen LogP contribution in [0.15, 0.2) is 24.3 Å². The van der Waals surface area contributed by atoms with Gasteiger partial charge in [0.25, 0.3) is 0 Å². The number of hydrogen-bond acceptors (Lipinski definition) is 3. The summed E-state index contributed by atoms with van der Waals surface area (Å²) in [6, 6.07) is 9.04. The molecule has 1 aromatic rings. The Kier molecular flexibility index (Phi) is 6.52. The minimum atomic E-state index is 0.699. The molecule has 1 aromatic carbocycles. The first-order valence-electron chi connectivity index (χ1n) is 8.32. The summed E-state index contributed by atoms with van der Waals surface area (Å²) in [5.41, 5.74) is 6.83. The number of hydrogen-bond donors (Lipinski definition) is 1. The van der Waals surface area contributed by atoms with Gasteiger partial charge in [0.05, 0.1) is 0 Å². The van der Waals surface area contributed by atoms with Crippen molar-refractivity contribution in [3.63, 3.8) is 0 Å². The molecule has 0 aromatic heterocycles. The van der Waals surface area contributed by atoms with Crippen LogP contribution in [0.25, 0.3) is 0 Å². The smallest absolute Gasteiger partial charge is 0.119 e. The number of rotatable bonds is 7. The van der Waals surface area contributed by atoms with Gasteiger partial charge in [0.2, 0.25) is 0 Å². The van der Waals surface area contributed by atoms with Crippen LogP contribution in [-0.4, -0.2) is 37.7 Å². The van der Waals surface area contributed by atoms with Crippen molar-refractivity contribution in [3.8, 4) is 5.75 Å². The third-order valence-corrected chi connectivity index (χ3v) is 4.70. The molecule has 3 nitrogen and oxygen atoms in total. The first-order valence-corrected chi connectivity index (χ1v) is 8.32. The molecule has 0 saturated heterocycles. The lowest BCUT2D eigenvalue weighted by atomic mass is 9.85. The standard InChI is InChI=1S/C18H30N2O/c1-15-5-3-4-6-18(15)20(2)13-14-21-17-9-7-16(8-10-17)11-12-19/h7-10,15,18H,3-6,11-14,19H2,1-2H3. The molecule has 2 N–H and O–H groups in total. The van der Waals surface area contributed by atoms with Crippen molar-refractivity contribution >= 4 is 0 Å². The monoisotopic (exact) mass is 290 g/mol. The summed E-state index contributed by atoms with van der Waals surface area (Å²) in [7, 11) is 2.24. The van der Waals surface area contributed by atoms with Gasteiger partial charge >= 0.3 is 0 Å². The summed E-state index contributed by atoms with van der Waals surface area (Å²) < 4.78 is 5.86. The quantitative estimate of drug-likeness (QED) is 0.838. The molecule has 2 atom stereocenters. The second-order valence-corrected chi connectivity index (χ2v) is 6.34. The maximum absolute atomic E-state index is 5.86. The summed E-state index contributed by atoms with van der Waals surface area (Å²) in [4.78, 5) is 2.48. The Morgan fingerprint density at radius 1 is 1.19 bits per heavy atom. The average molecular weight is 290 g/mol. The third-order valence-electron chi connectivity index (χ3n) is 4.70. The van der Waals surface area contributed by atoms with Gasteiger partial charge in [-0.1, -0.05) is 31.9 Å². The van der Waals surface area contributed by atoms with E-state index >= 15 is 0 Å². The van der Waals surface area contributed by atoms with Gasteiger partial charge in [-0.05, 0) is 56.5 Å². The molecule has 0 heterocycles. The van der Waals surface area contributed by atoms with E-state index in [9.17, 15) is 0 Å². The van der Waals surface area contributed by atoms with Crippen molar-refractivity contribution in [1.82, 2.24) is 4.90 Å². The van der Waals surface area contributed by atoms with E-state index in [1.165, 1.54) is 31.2 Å². The molecule has 0 bridgehead atoms. The van der Waals surface area contributed by atoms with Crippen molar-refractivity contribution in [2.45, 2.75) is 45.1 Å². The second kappa shape index (κ2) is 8.40. The molecule has 0 aliphatic heterocycles. The second-order valence-electron chi connectivity index (χ2n) is 6.34. The summed E-state index contributed by atoms with van der Waals surface area (Å²) in [5.74, 6) is 1.78. The van der Waals surface area contributed by atoms with Crippen LogP contribution in [0.3, 0.4) is 0 Å². The average Bonchev–Trinajstić information content (AvgIpc) is 2.49. The van der Waals surface area contributed by atoms with Crippen molar-refractivity contribution in [1.29, 1.82) is 0 Å². The first kappa shape index (κ1) is 16.3. The van der Waals surface area contributed by atoms with Crippen molar-refractivity contribution in [2.24, 2.45) is 11.7 Å². The first-order chi connectivity index (χ1) is 10.2. The van der Waals surface area contributed by atoms with Gasteiger partial charge in [-0.3, -0.25) is 4.90 Å². The summed E-state index contributed by atoms with van der Waals surface area (Å²) in [6.45, 7) is 4.84. The molecule has 1 saturated carbocycles. The zero-order chi connectivity index (χ0) is 15.1. The molecular formula is C18H30N2O. The van der Waals surface area contributed by atoms with Gasteiger partial charge in [-0.15, -0.1) is 0 Å². The summed E-state index contributed by atoms with van der Waals surface area (Å²) in [6.07, 6.45) is 6.42. The van der Waals surface area contributed by atoms with Crippen LogP contribution >= 0.6 is 0 Å². The van der Waals surface area contributed by atoms with Crippen LogP contribution in [-0.2, 0) is 6.42 Å². The Labute approximate surface area is 129 Å². The lowest BCUT2D eigenvalue weighted by Gasteiger charge is -2.36. The van der Waals surface area contributed by atoms with E-state index in [0.717, 1.165) is 37.3 Å². The van der Waals surface area contributed by atoms with Crippen molar-refractivity contribution < 1.29 is 4.74 Å². The molecule has 3 heteroatoms. The van der Waals surface area contributed by atoms with Crippen LogP contribution in [0.2, 0.25) is 0 Å². The lowest BCUT2D eigenvalue weighted by Crippen LogP contribution is -2.40. The van der Waals surface area contributed by atoms with E-state index in [1.807, 2.05) is 12.1 Å². The van der Waals surface area contributed by atoms with Gasteiger partial charge in [0, 0.05) is 12.6 Å². The van der Waals surface area contributed by atoms with Gasteiger partial charge in [-0.2, -0.15) is 0 Å². The lowest BCUT2D eigenvalue weighted by molar-refractivity contribution is 0.120. The highest BCUT2D eigenvalue weighted by Gasteiger charge is 2.24. The fourth-order valence-electron chi connectivity index (χ4n) is 3.34. The molecule has 118 valence electrons. The van der Waals surface area contributed by atoms with E-state index in [-0.39, 0.29) is 0 Å². The Hall–Kier alpha value is -1.06. The third kappa shape index (κ3) is 5.01. The molecule has 0 radical (unpaired) electrons. The van der Waals surface area contributed by atoms with E-state index < -0.39 is 0 Å². The molecule has 1 aliphatic rings. The topological polar surface area (TPSA) is 38.5 Å². The highest BCUT2D eigenvalue weighted by atomic mass is 16.5. The van der Waals surface area contributed by atoms with Gasteiger partial charge < -0.3 is 10.5 Å². The van der Waals surface area contributed by atoms with Crippen LogP contribution in [0.1, 0.15) is 38.2 Å². The van der Waals surface area contributed by atoms with Crippen LogP contribution in [0.5, 0.6) is 5.75 Å². The van der Waals surface area contributed by atoms with E-state index in [2.05, 4.69) is 31.0 Å². The maximum Gasteiger partial charge on any atom is 0.119 e. The fraction of sp³-hybridized carbons (Fsp3) is 0.667. The zero-order valence-corrected chi connectivity index (χ0v) is 13.6. The molecule has 2 rings (SSSR count). The number of benzene rings is 1. The Morgan fingerprint density at radius 3 is 2.57 bits per heavy atom. The highest BCUT2D eigenvalue weighted by molar-refractivity contribution is 5.27. The predicted octanol–water partition coefficient (Wildman–Crippen LogP) is 3.08. The Morgan fingerprint density at radius 2 is 1.90 bits per heavy atom. The molecular weight excluding hydrogens is 260 g/mol. The molecule has 0 spiro atoms. The molecule has 1 fully saturated rings. The van der Waals surface area contributed by atoms with Crippen LogP contribution < -0.4 is 10.5 Å². The molecule has 1 aliphatic carbocycles. The van der Waals surface area contributed by atoms with Crippen molar-refractivity contribution in [3.05, 3.63) is 29.8 Å².